The highest BCUT2D eigenvalue weighted by Crippen LogP contribution is 2.42. The van der Waals surface area contributed by atoms with Gasteiger partial charge in [0.05, 0.1) is 17.0 Å². The highest BCUT2D eigenvalue weighted by Gasteiger charge is 2.40. The van der Waals surface area contributed by atoms with Crippen LogP contribution in [0.15, 0.2) is 41.3 Å². The first-order valence-electron chi connectivity index (χ1n) is 8.49. The molecule has 2 aromatic carbocycles. The maximum atomic E-state index is 13.2. The van der Waals surface area contributed by atoms with Crippen LogP contribution in [-0.4, -0.2) is 55.9 Å². The molecule has 2 atom stereocenters. The molecule has 6 nitrogen and oxygen atoms in total. The molecule has 9 heteroatoms. The number of carbonyl (C=O) groups is 1. The first kappa shape index (κ1) is 21.1. The van der Waals surface area contributed by atoms with E-state index < -0.39 is 22.2 Å². The predicted octanol–water partition coefficient (Wildman–Crippen LogP) is 2.97. The number of amides is 1. The Balaban J connectivity index is 2.03. The number of sulfonamides is 1. The summed E-state index contributed by atoms with van der Waals surface area (Å²) in [4.78, 5) is 13.5. The summed E-state index contributed by atoms with van der Waals surface area (Å²) in [5, 5.41) is 11.3. The minimum Gasteiger partial charge on any atom is -0.391 e. The van der Waals surface area contributed by atoms with Crippen LogP contribution >= 0.6 is 23.2 Å². The predicted molar refractivity (Wildman–Crippen MR) is 108 cm³/mol. The van der Waals surface area contributed by atoms with Crippen molar-refractivity contribution in [2.75, 3.05) is 21.1 Å². The molecular formula is C19H20Cl2N2O4S. The first-order chi connectivity index (χ1) is 13.0. The van der Waals surface area contributed by atoms with Gasteiger partial charge in [-0.25, -0.2) is 8.42 Å². The van der Waals surface area contributed by atoms with E-state index in [0.29, 0.717) is 21.2 Å². The third-order valence-corrected chi connectivity index (χ3v) is 7.24. The van der Waals surface area contributed by atoms with Crippen molar-refractivity contribution in [3.05, 3.63) is 63.1 Å². The summed E-state index contributed by atoms with van der Waals surface area (Å²) in [6.07, 6.45) is -0.730. The minimum absolute atomic E-state index is 0.0310. The Morgan fingerprint density at radius 3 is 2.46 bits per heavy atom. The molecule has 0 unspecified atom stereocenters. The van der Waals surface area contributed by atoms with Crippen LogP contribution in [-0.2, 0) is 16.4 Å². The van der Waals surface area contributed by atoms with Crippen molar-refractivity contribution in [3.8, 4) is 0 Å². The molecule has 0 saturated heterocycles. The van der Waals surface area contributed by atoms with Crippen molar-refractivity contribution >= 4 is 39.1 Å². The largest absolute Gasteiger partial charge is 0.391 e. The van der Waals surface area contributed by atoms with E-state index in [0.717, 1.165) is 4.31 Å². The van der Waals surface area contributed by atoms with Crippen molar-refractivity contribution in [2.45, 2.75) is 23.5 Å². The maximum Gasteiger partial charge on any atom is 0.253 e. The van der Waals surface area contributed by atoms with Crippen LogP contribution in [0.2, 0.25) is 10.0 Å². The van der Waals surface area contributed by atoms with Crippen molar-refractivity contribution < 1.29 is 18.3 Å². The zero-order valence-corrected chi connectivity index (χ0v) is 17.9. The summed E-state index contributed by atoms with van der Waals surface area (Å²) >= 11 is 12.3. The zero-order valence-electron chi connectivity index (χ0n) is 15.6. The number of halogens is 2. The molecule has 1 aliphatic rings. The van der Waals surface area contributed by atoms with Gasteiger partial charge in [-0.05, 0) is 41.5 Å². The van der Waals surface area contributed by atoms with Crippen LogP contribution in [0.3, 0.4) is 0 Å². The van der Waals surface area contributed by atoms with Gasteiger partial charge in [0.1, 0.15) is 0 Å². The first-order valence-corrected chi connectivity index (χ1v) is 10.7. The third kappa shape index (κ3) is 3.65. The van der Waals surface area contributed by atoms with Crippen LogP contribution in [0.25, 0.3) is 0 Å². The second-order valence-corrected chi connectivity index (χ2v) is 9.76. The van der Waals surface area contributed by atoms with Gasteiger partial charge in [-0.1, -0.05) is 29.3 Å². The fraction of sp³-hybridized carbons (Fsp3) is 0.316. The minimum atomic E-state index is -3.99. The molecule has 3 rings (SSSR count). The Labute approximate surface area is 174 Å². The second-order valence-electron chi connectivity index (χ2n) is 6.92. The molecule has 0 heterocycles. The number of hydrogen-bond donors (Lipinski definition) is 1. The Bertz CT molecular complexity index is 1040. The average molecular weight is 443 g/mol. The summed E-state index contributed by atoms with van der Waals surface area (Å²) in [5.74, 6) is -0.301. The molecule has 1 N–H and O–H groups in total. The van der Waals surface area contributed by atoms with Gasteiger partial charge < -0.3 is 10.0 Å². The average Bonchev–Trinajstić information content (AvgIpc) is 2.96. The summed E-state index contributed by atoms with van der Waals surface area (Å²) < 4.78 is 27.5. The molecule has 28 heavy (non-hydrogen) atoms. The number of likely N-dealkylation sites (N-methyl/N-ethyl adjacent to an activating group) is 1. The monoisotopic (exact) mass is 442 g/mol. The topological polar surface area (TPSA) is 77.9 Å². The molecule has 1 aliphatic carbocycles. The number of aliphatic hydroxyl groups is 1. The number of carbonyl (C=O) groups excluding carboxylic acids is 1. The Kier molecular flexibility index (Phi) is 5.76. The summed E-state index contributed by atoms with van der Waals surface area (Å²) in [5.41, 5.74) is 1.52. The van der Waals surface area contributed by atoms with Gasteiger partial charge in [-0.3, -0.25) is 4.79 Å². The van der Waals surface area contributed by atoms with Crippen molar-refractivity contribution in [1.29, 1.82) is 0 Å². The molecular weight excluding hydrogens is 423 g/mol. The summed E-state index contributed by atoms with van der Waals surface area (Å²) in [6.45, 7) is 0. The number of hydrogen-bond acceptors (Lipinski definition) is 4. The van der Waals surface area contributed by atoms with E-state index in [9.17, 15) is 18.3 Å². The fourth-order valence-electron chi connectivity index (χ4n) is 3.43. The lowest BCUT2D eigenvalue weighted by molar-refractivity contribution is 0.0827. The van der Waals surface area contributed by atoms with Crippen LogP contribution in [0, 0.1) is 0 Å². The number of benzene rings is 2. The van der Waals surface area contributed by atoms with E-state index >= 15 is 0 Å². The molecule has 0 bridgehead atoms. The summed E-state index contributed by atoms with van der Waals surface area (Å²) in [6, 6.07) is 8.20. The number of aliphatic hydroxyl groups excluding tert-OH is 1. The standard InChI is InChI=1S/C19H20Cl2N2O4S/c1-22(2)19(25)11-5-4-6-13(7-11)28(26,27)23(3)18-15-8-12(20)9-16(21)14(15)10-17(18)24/h4-9,17-18,24H,10H2,1-3H3/t17-,18+/m0/s1. The van der Waals surface area contributed by atoms with Gasteiger partial charge in [0, 0.05) is 43.2 Å². The van der Waals surface area contributed by atoms with E-state index in [1.807, 2.05) is 0 Å². The van der Waals surface area contributed by atoms with Crippen LogP contribution in [0.1, 0.15) is 27.5 Å². The Morgan fingerprint density at radius 1 is 1.14 bits per heavy atom. The lowest BCUT2D eigenvalue weighted by Gasteiger charge is -2.27. The Hall–Kier alpha value is -1.64. The second kappa shape index (κ2) is 7.65. The van der Waals surface area contributed by atoms with Crippen LogP contribution < -0.4 is 0 Å². The lowest BCUT2D eigenvalue weighted by atomic mass is 10.1. The molecule has 0 spiro atoms. The van der Waals surface area contributed by atoms with Crippen molar-refractivity contribution in [2.24, 2.45) is 0 Å². The molecule has 150 valence electrons. The number of rotatable bonds is 4. The summed E-state index contributed by atoms with van der Waals surface area (Å²) in [7, 11) is 0.592. The highest BCUT2D eigenvalue weighted by molar-refractivity contribution is 7.89. The van der Waals surface area contributed by atoms with E-state index in [2.05, 4.69) is 0 Å². The number of nitrogens with zero attached hydrogens (tertiary/aromatic N) is 2. The normalized spacial score (nSPS) is 19.0. The van der Waals surface area contributed by atoms with Crippen LogP contribution in [0.5, 0.6) is 0 Å². The highest BCUT2D eigenvalue weighted by atomic mass is 35.5. The van der Waals surface area contributed by atoms with E-state index in [1.54, 1.807) is 32.3 Å². The van der Waals surface area contributed by atoms with Gasteiger partial charge in [0.15, 0.2) is 0 Å². The van der Waals surface area contributed by atoms with E-state index in [1.165, 1.54) is 30.1 Å². The molecule has 0 aromatic heterocycles. The molecule has 0 radical (unpaired) electrons. The quantitative estimate of drug-likeness (QED) is 0.789. The lowest BCUT2D eigenvalue weighted by Crippen LogP contribution is -2.36. The van der Waals surface area contributed by atoms with Crippen molar-refractivity contribution in [1.82, 2.24) is 9.21 Å². The van der Waals surface area contributed by atoms with E-state index in [-0.39, 0.29) is 22.8 Å². The fourth-order valence-corrected chi connectivity index (χ4v) is 5.43. The smallest absolute Gasteiger partial charge is 0.253 e. The molecule has 2 aromatic rings. The van der Waals surface area contributed by atoms with E-state index in [4.69, 9.17) is 23.2 Å². The number of fused-ring (bicyclic) bond motifs is 1. The van der Waals surface area contributed by atoms with Gasteiger partial charge in [-0.2, -0.15) is 4.31 Å². The van der Waals surface area contributed by atoms with Gasteiger partial charge in [-0.15, -0.1) is 0 Å². The molecule has 0 saturated carbocycles. The maximum absolute atomic E-state index is 13.2. The zero-order chi connectivity index (χ0) is 20.8. The van der Waals surface area contributed by atoms with Crippen LogP contribution in [0.4, 0.5) is 0 Å². The van der Waals surface area contributed by atoms with Gasteiger partial charge in [0.25, 0.3) is 5.91 Å². The SMILES string of the molecule is CN(C)C(=O)c1cccc(S(=O)(=O)N(C)[C@@H]2c3cc(Cl)cc(Cl)c3C[C@@H]2O)c1. The molecule has 1 amide bonds. The van der Waals surface area contributed by atoms with Gasteiger partial charge >= 0.3 is 0 Å². The molecule has 0 aliphatic heterocycles. The van der Waals surface area contributed by atoms with Gasteiger partial charge in [0.2, 0.25) is 10.0 Å². The van der Waals surface area contributed by atoms with Crippen molar-refractivity contribution in [3.63, 3.8) is 0 Å². The Morgan fingerprint density at radius 2 is 1.82 bits per heavy atom. The third-order valence-electron chi connectivity index (χ3n) is 4.85. The molecule has 0 fully saturated rings.